The van der Waals surface area contributed by atoms with Gasteiger partial charge in [0.05, 0.1) is 11.4 Å². The molecule has 0 aromatic carbocycles. The molecule has 1 aromatic heterocycles. The van der Waals surface area contributed by atoms with Crippen molar-refractivity contribution in [3.8, 4) is 0 Å². The van der Waals surface area contributed by atoms with E-state index in [0.29, 0.717) is 11.4 Å². The summed E-state index contributed by atoms with van der Waals surface area (Å²) in [5.74, 6) is -0.646. The Morgan fingerprint density at radius 1 is 1.43 bits per heavy atom. The van der Waals surface area contributed by atoms with Gasteiger partial charge < -0.3 is 15.4 Å². The summed E-state index contributed by atoms with van der Waals surface area (Å²) in [5.41, 5.74) is 0. The topological polar surface area (TPSA) is 84.5 Å². The predicted octanol–water partition coefficient (Wildman–Crippen LogP) is 0.936. The first kappa shape index (κ1) is 15.5. The zero-order valence-corrected chi connectivity index (χ0v) is 12.6. The first-order valence-electron chi connectivity index (χ1n) is 6.86. The van der Waals surface area contributed by atoms with Crippen LogP contribution in [0.15, 0.2) is 17.5 Å². The Balaban J connectivity index is 1.62. The standard InChI is InChI=1S/C14H18N2O4S/c1-9(16-13(18)11-3-2-8-21-11)14(19)20-7-6-15-12(17)10-4-5-10/h2-3,8-10H,4-7H2,1H3,(H,15,17)(H,16,18). The number of thiophene rings is 1. The van der Waals surface area contributed by atoms with E-state index in [2.05, 4.69) is 10.6 Å². The molecular formula is C14H18N2O4S. The monoisotopic (exact) mass is 310 g/mol. The van der Waals surface area contributed by atoms with Crippen molar-refractivity contribution in [1.82, 2.24) is 10.6 Å². The van der Waals surface area contributed by atoms with E-state index < -0.39 is 12.0 Å². The molecule has 1 fully saturated rings. The summed E-state index contributed by atoms with van der Waals surface area (Å²) in [7, 11) is 0. The van der Waals surface area contributed by atoms with Gasteiger partial charge in [0.2, 0.25) is 5.91 Å². The number of rotatable bonds is 7. The Morgan fingerprint density at radius 2 is 2.19 bits per heavy atom. The van der Waals surface area contributed by atoms with Crippen LogP contribution in [0.25, 0.3) is 0 Å². The van der Waals surface area contributed by atoms with E-state index in [1.807, 2.05) is 0 Å². The van der Waals surface area contributed by atoms with Crippen molar-refractivity contribution in [2.75, 3.05) is 13.2 Å². The Bertz CT molecular complexity index is 511. The lowest BCUT2D eigenvalue weighted by Crippen LogP contribution is -2.40. The van der Waals surface area contributed by atoms with Gasteiger partial charge in [0.25, 0.3) is 5.91 Å². The number of hydrogen-bond acceptors (Lipinski definition) is 5. The van der Waals surface area contributed by atoms with E-state index in [9.17, 15) is 14.4 Å². The van der Waals surface area contributed by atoms with Crippen LogP contribution >= 0.6 is 11.3 Å². The van der Waals surface area contributed by atoms with Crippen LogP contribution in [0.3, 0.4) is 0 Å². The highest BCUT2D eigenvalue weighted by atomic mass is 32.1. The van der Waals surface area contributed by atoms with Crippen molar-refractivity contribution in [3.63, 3.8) is 0 Å². The van der Waals surface area contributed by atoms with Crippen LogP contribution in [0.5, 0.6) is 0 Å². The summed E-state index contributed by atoms with van der Waals surface area (Å²) < 4.78 is 5.01. The van der Waals surface area contributed by atoms with Gasteiger partial charge in [0.1, 0.15) is 12.6 Å². The molecule has 1 aliphatic rings. The number of amides is 2. The third-order valence-corrected chi connectivity index (χ3v) is 3.91. The molecule has 6 nitrogen and oxygen atoms in total. The van der Waals surface area contributed by atoms with Crippen LogP contribution in [0, 0.1) is 5.92 Å². The molecule has 2 N–H and O–H groups in total. The number of hydrogen-bond donors (Lipinski definition) is 2. The largest absolute Gasteiger partial charge is 0.462 e. The fourth-order valence-electron chi connectivity index (χ4n) is 1.68. The van der Waals surface area contributed by atoms with Crippen molar-refractivity contribution in [2.24, 2.45) is 5.92 Å². The molecular weight excluding hydrogens is 292 g/mol. The zero-order valence-electron chi connectivity index (χ0n) is 11.8. The second-order valence-electron chi connectivity index (χ2n) is 4.91. The SMILES string of the molecule is CC(NC(=O)c1cccs1)C(=O)OCCNC(=O)C1CC1. The van der Waals surface area contributed by atoms with Gasteiger partial charge in [0.15, 0.2) is 0 Å². The van der Waals surface area contributed by atoms with Crippen LogP contribution in [0.2, 0.25) is 0 Å². The lowest BCUT2D eigenvalue weighted by molar-refractivity contribution is -0.145. The lowest BCUT2D eigenvalue weighted by Gasteiger charge is -2.13. The molecule has 0 spiro atoms. The van der Waals surface area contributed by atoms with Gasteiger partial charge >= 0.3 is 5.97 Å². The van der Waals surface area contributed by atoms with Crippen LogP contribution in [0.4, 0.5) is 0 Å². The summed E-state index contributed by atoms with van der Waals surface area (Å²) in [6.45, 7) is 1.97. The molecule has 1 atom stereocenters. The third kappa shape index (κ3) is 4.86. The number of esters is 1. The second kappa shape index (κ2) is 7.21. The van der Waals surface area contributed by atoms with Gasteiger partial charge in [-0.1, -0.05) is 6.07 Å². The van der Waals surface area contributed by atoms with Gasteiger partial charge in [-0.2, -0.15) is 0 Å². The smallest absolute Gasteiger partial charge is 0.328 e. The lowest BCUT2D eigenvalue weighted by atomic mass is 10.3. The minimum Gasteiger partial charge on any atom is -0.462 e. The molecule has 1 aromatic rings. The first-order chi connectivity index (χ1) is 10.1. The molecule has 7 heteroatoms. The van der Waals surface area contributed by atoms with Crippen molar-refractivity contribution in [2.45, 2.75) is 25.8 Å². The second-order valence-corrected chi connectivity index (χ2v) is 5.85. The maximum absolute atomic E-state index is 11.8. The summed E-state index contributed by atoms with van der Waals surface area (Å²) >= 11 is 1.31. The van der Waals surface area contributed by atoms with E-state index in [1.165, 1.54) is 11.3 Å². The molecule has 2 amide bonds. The van der Waals surface area contributed by atoms with Gasteiger partial charge in [-0.15, -0.1) is 11.3 Å². The van der Waals surface area contributed by atoms with Crippen LogP contribution in [-0.2, 0) is 14.3 Å². The molecule has 0 aliphatic heterocycles. The number of ether oxygens (including phenoxy) is 1. The predicted molar refractivity (Wildman–Crippen MR) is 77.9 cm³/mol. The summed E-state index contributed by atoms with van der Waals surface area (Å²) in [6, 6.07) is 2.73. The molecule has 114 valence electrons. The molecule has 0 bridgehead atoms. The van der Waals surface area contributed by atoms with Gasteiger partial charge in [-0.3, -0.25) is 9.59 Å². The fourth-order valence-corrected chi connectivity index (χ4v) is 2.30. The van der Waals surface area contributed by atoms with Crippen LogP contribution in [0.1, 0.15) is 29.4 Å². The van der Waals surface area contributed by atoms with Gasteiger partial charge in [0, 0.05) is 5.92 Å². The van der Waals surface area contributed by atoms with Crippen molar-refractivity contribution >= 4 is 29.1 Å². The molecule has 0 radical (unpaired) electrons. The van der Waals surface area contributed by atoms with E-state index in [1.54, 1.807) is 24.4 Å². The van der Waals surface area contributed by atoms with E-state index in [-0.39, 0.29) is 24.3 Å². The summed E-state index contributed by atoms with van der Waals surface area (Å²) in [4.78, 5) is 35.3. The molecule has 1 aliphatic carbocycles. The highest BCUT2D eigenvalue weighted by molar-refractivity contribution is 7.12. The summed E-state index contributed by atoms with van der Waals surface area (Å²) in [6.07, 6.45) is 1.88. The van der Waals surface area contributed by atoms with E-state index in [4.69, 9.17) is 4.74 Å². The average molecular weight is 310 g/mol. The van der Waals surface area contributed by atoms with Gasteiger partial charge in [-0.05, 0) is 31.2 Å². The Hall–Kier alpha value is -1.89. The van der Waals surface area contributed by atoms with Gasteiger partial charge in [-0.25, -0.2) is 4.79 Å². The molecule has 0 saturated heterocycles. The third-order valence-electron chi connectivity index (χ3n) is 3.04. The van der Waals surface area contributed by atoms with E-state index >= 15 is 0 Å². The molecule has 1 heterocycles. The number of nitrogens with one attached hydrogen (secondary N) is 2. The zero-order chi connectivity index (χ0) is 15.2. The Morgan fingerprint density at radius 3 is 2.81 bits per heavy atom. The Labute approximate surface area is 126 Å². The first-order valence-corrected chi connectivity index (χ1v) is 7.74. The van der Waals surface area contributed by atoms with Crippen molar-refractivity contribution in [3.05, 3.63) is 22.4 Å². The van der Waals surface area contributed by atoms with Crippen molar-refractivity contribution < 1.29 is 19.1 Å². The minimum atomic E-state index is -0.723. The maximum Gasteiger partial charge on any atom is 0.328 e. The molecule has 1 saturated carbocycles. The highest BCUT2D eigenvalue weighted by Gasteiger charge is 2.29. The summed E-state index contributed by atoms with van der Waals surface area (Å²) in [5, 5.41) is 7.06. The maximum atomic E-state index is 11.8. The normalized spacial score (nSPS) is 15.1. The minimum absolute atomic E-state index is 0.0186. The quantitative estimate of drug-likeness (QED) is 0.580. The average Bonchev–Trinajstić information content (AvgIpc) is 3.17. The van der Waals surface area contributed by atoms with Crippen LogP contribution in [-0.4, -0.2) is 37.0 Å². The van der Waals surface area contributed by atoms with Crippen molar-refractivity contribution in [1.29, 1.82) is 0 Å². The number of carbonyl (C=O) groups is 3. The highest BCUT2D eigenvalue weighted by Crippen LogP contribution is 2.28. The molecule has 21 heavy (non-hydrogen) atoms. The molecule has 1 unspecified atom stereocenters. The molecule has 2 rings (SSSR count). The fraction of sp³-hybridized carbons (Fsp3) is 0.500. The van der Waals surface area contributed by atoms with Crippen LogP contribution < -0.4 is 10.6 Å². The van der Waals surface area contributed by atoms with E-state index in [0.717, 1.165) is 12.8 Å². The number of carbonyl (C=O) groups excluding carboxylic acids is 3. The Kier molecular flexibility index (Phi) is 5.32.